The van der Waals surface area contributed by atoms with Crippen LogP contribution < -0.4 is 0 Å². The van der Waals surface area contributed by atoms with Crippen LogP contribution in [0.4, 0.5) is 4.39 Å². The van der Waals surface area contributed by atoms with Gasteiger partial charge in [0, 0.05) is 24.8 Å². The van der Waals surface area contributed by atoms with E-state index in [1.54, 1.807) is 18.3 Å². The number of rotatable bonds is 11. The van der Waals surface area contributed by atoms with E-state index in [-0.39, 0.29) is 5.82 Å². The van der Waals surface area contributed by atoms with E-state index in [0.29, 0.717) is 0 Å². The number of allylic oxidation sites excluding steroid dienone is 1. The number of aryl methyl sites for hydroxylation is 5. The first-order valence-corrected chi connectivity index (χ1v) is 12.0. The van der Waals surface area contributed by atoms with Crippen LogP contribution in [0.5, 0.6) is 0 Å². The molecular formula is C31H31FN2. The van der Waals surface area contributed by atoms with Gasteiger partial charge < -0.3 is 0 Å². The predicted octanol–water partition coefficient (Wildman–Crippen LogP) is 7.22. The molecule has 0 spiro atoms. The molecule has 0 aliphatic heterocycles. The summed E-state index contributed by atoms with van der Waals surface area (Å²) in [4.78, 5) is 8.34. The van der Waals surface area contributed by atoms with Gasteiger partial charge in [-0.15, -0.1) is 0 Å². The minimum Gasteiger partial charge on any atom is -0.265 e. The van der Waals surface area contributed by atoms with Gasteiger partial charge in [-0.1, -0.05) is 43.0 Å². The quantitative estimate of drug-likeness (QED) is 0.241. The molecule has 3 heteroatoms. The number of aromatic nitrogens is 2. The summed E-state index contributed by atoms with van der Waals surface area (Å²) in [6.07, 6.45) is 14.0. The number of halogens is 1. The maximum atomic E-state index is 13.6. The summed E-state index contributed by atoms with van der Waals surface area (Å²) in [6, 6.07) is 22.0. The highest BCUT2D eigenvalue weighted by Crippen LogP contribution is 2.26. The van der Waals surface area contributed by atoms with Crippen LogP contribution in [0.3, 0.4) is 0 Å². The highest BCUT2D eigenvalue weighted by Gasteiger charge is 2.09. The Bertz CT molecular complexity index is 1200. The normalized spacial score (nSPS) is 10.9. The van der Waals surface area contributed by atoms with E-state index in [4.69, 9.17) is 0 Å². The van der Waals surface area contributed by atoms with E-state index in [9.17, 15) is 4.39 Å². The Morgan fingerprint density at radius 1 is 0.676 bits per heavy atom. The van der Waals surface area contributed by atoms with E-state index in [2.05, 4.69) is 52.9 Å². The van der Waals surface area contributed by atoms with Crippen LogP contribution >= 0.6 is 0 Å². The fraction of sp³-hybridized carbons (Fsp3) is 0.226. The molecule has 4 aromatic rings. The number of nitrogens with zero attached hydrogens (tertiary/aromatic N) is 2. The van der Waals surface area contributed by atoms with Crippen LogP contribution in [0.1, 0.15) is 46.2 Å². The summed E-state index contributed by atoms with van der Waals surface area (Å²) in [5.74, 6) is -0.167. The number of hydrogen-bond donors (Lipinski definition) is 0. The van der Waals surface area contributed by atoms with Gasteiger partial charge in [0.2, 0.25) is 0 Å². The van der Waals surface area contributed by atoms with Gasteiger partial charge in [0.05, 0.1) is 0 Å². The number of benzene rings is 2. The van der Waals surface area contributed by atoms with E-state index in [1.807, 2.05) is 30.7 Å². The Hall–Kier alpha value is -3.59. The minimum atomic E-state index is -0.167. The Morgan fingerprint density at radius 2 is 1.47 bits per heavy atom. The van der Waals surface area contributed by atoms with Gasteiger partial charge in [-0.05, 0) is 114 Å². The third kappa shape index (κ3) is 6.95. The van der Waals surface area contributed by atoms with Gasteiger partial charge in [-0.2, -0.15) is 0 Å². The zero-order valence-corrected chi connectivity index (χ0v) is 19.6. The summed E-state index contributed by atoms with van der Waals surface area (Å²) < 4.78 is 13.6. The maximum absolute atomic E-state index is 13.6. The molecule has 4 rings (SSSR count). The molecule has 2 aromatic heterocycles. The monoisotopic (exact) mass is 450 g/mol. The Labute approximate surface area is 202 Å². The molecule has 0 bridgehead atoms. The summed E-state index contributed by atoms with van der Waals surface area (Å²) in [7, 11) is 0. The molecule has 2 aromatic carbocycles. The summed E-state index contributed by atoms with van der Waals surface area (Å²) in [5, 5.41) is 0. The van der Waals surface area contributed by atoms with Crippen molar-refractivity contribution in [1.82, 2.24) is 9.97 Å². The first-order valence-electron chi connectivity index (χ1n) is 12.0. The molecule has 0 saturated carbocycles. The Balaban J connectivity index is 1.46. The highest BCUT2D eigenvalue weighted by atomic mass is 19.1. The Kier molecular flexibility index (Phi) is 8.34. The van der Waals surface area contributed by atoms with Gasteiger partial charge in [0.25, 0.3) is 0 Å². The first-order chi connectivity index (χ1) is 16.7. The van der Waals surface area contributed by atoms with Crippen molar-refractivity contribution < 1.29 is 4.39 Å². The van der Waals surface area contributed by atoms with Crippen molar-refractivity contribution in [2.45, 2.75) is 44.9 Å². The Morgan fingerprint density at radius 3 is 2.26 bits per heavy atom. The second-order valence-corrected chi connectivity index (χ2v) is 8.80. The zero-order chi connectivity index (χ0) is 23.6. The topological polar surface area (TPSA) is 25.8 Å². The van der Waals surface area contributed by atoms with Gasteiger partial charge in [0.15, 0.2) is 0 Å². The van der Waals surface area contributed by atoms with Crippen LogP contribution in [-0.4, -0.2) is 9.97 Å². The molecule has 34 heavy (non-hydrogen) atoms. The van der Waals surface area contributed by atoms with Crippen molar-refractivity contribution in [3.05, 3.63) is 137 Å². The van der Waals surface area contributed by atoms with Crippen molar-refractivity contribution in [3.8, 4) is 0 Å². The van der Waals surface area contributed by atoms with E-state index in [1.165, 1.54) is 33.9 Å². The van der Waals surface area contributed by atoms with Gasteiger partial charge >= 0.3 is 0 Å². The lowest BCUT2D eigenvalue weighted by Crippen LogP contribution is -2.00. The molecule has 0 aliphatic carbocycles. The molecule has 0 amide bonds. The molecule has 2 heterocycles. The lowest BCUT2D eigenvalue weighted by Gasteiger charge is -2.15. The van der Waals surface area contributed by atoms with Crippen molar-refractivity contribution in [2.24, 2.45) is 0 Å². The van der Waals surface area contributed by atoms with Crippen LogP contribution in [-0.2, 0) is 32.1 Å². The molecule has 0 fully saturated rings. The lowest BCUT2D eigenvalue weighted by atomic mass is 9.90. The fourth-order valence-electron chi connectivity index (χ4n) is 4.34. The summed E-state index contributed by atoms with van der Waals surface area (Å²) in [6.45, 7) is 4.42. The average Bonchev–Trinajstić information content (AvgIpc) is 2.87. The minimum absolute atomic E-state index is 0.167. The molecule has 0 aliphatic rings. The van der Waals surface area contributed by atoms with Crippen molar-refractivity contribution in [1.29, 1.82) is 0 Å². The maximum Gasteiger partial charge on any atom is 0.123 e. The zero-order valence-electron chi connectivity index (χ0n) is 19.6. The van der Waals surface area contributed by atoms with Crippen LogP contribution in [0, 0.1) is 5.82 Å². The van der Waals surface area contributed by atoms with Crippen LogP contribution in [0.15, 0.2) is 98.1 Å². The van der Waals surface area contributed by atoms with E-state index < -0.39 is 0 Å². The first kappa shape index (κ1) is 23.6. The SMILES string of the molecule is C=C(CCc1cccnc1)c1ccc(CCc2ccncc2)cc1CCCc1cccc(F)c1. The largest absolute Gasteiger partial charge is 0.265 e. The number of hydrogen-bond acceptors (Lipinski definition) is 2. The molecule has 0 unspecified atom stereocenters. The predicted molar refractivity (Wildman–Crippen MR) is 138 cm³/mol. The average molecular weight is 451 g/mol. The highest BCUT2D eigenvalue weighted by molar-refractivity contribution is 5.67. The molecule has 0 N–H and O–H groups in total. The third-order valence-corrected chi connectivity index (χ3v) is 6.24. The summed E-state index contributed by atoms with van der Waals surface area (Å²) >= 11 is 0. The second kappa shape index (κ2) is 12.0. The van der Waals surface area contributed by atoms with Crippen LogP contribution in [0.2, 0.25) is 0 Å². The standard InChI is InChI=1S/C31H31FN2/c1-24(10-11-28-7-4-18-34-23-28)31-15-14-27(13-12-25-16-19-33-20-17-25)21-29(31)8-2-5-26-6-3-9-30(32)22-26/h3-4,6-7,9,14-23H,1-2,5,8,10-13H2. The second-order valence-electron chi connectivity index (χ2n) is 8.80. The summed E-state index contributed by atoms with van der Waals surface area (Å²) in [5.41, 5.74) is 8.64. The van der Waals surface area contributed by atoms with Crippen molar-refractivity contribution >= 4 is 5.57 Å². The molecule has 172 valence electrons. The van der Waals surface area contributed by atoms with Gasteiger partial charge in [-0.25, -0.2) is 4.39 Å². The van der Waals surface area contributed by atoms with Crippen LogP contribution in [0.25, 0.3) is 5.57 Å². The molecule has 2 nitrogen and oxygen atoms in total. The van der Waals surface area contributed by atoms with E-state index in [0.717, 1.165) is 56.1 Å². The molecular weight excluding hydrogens is 419 g/mol. The molecule has 0 atom stereocenters. The van der Waals surface area contributed by atoms with Gasteiger partial charge in [0.1, 0.15) is 5.82 Å². The fourth-order valence-corrected chi connectivity index (χ4v) is 4.34. The van der Waals surface area contributed by atoms with Gasteiger partial charge in [-0.3, -0.25) is 9.97 Å². The molecule has 0 saturated heterocycles. The number of pyridine rings is 2. The van der Waals surface area contributed by atoms with Crippen molar-refractivity contribution in [2.75, 3.05) is 0 Å². The lowest BCUT2D eigenvalue weighted by molar-refractivity contribution is 0.624. The smallest absolute Gasteiger partial charge is 0.123 e. The molecule has 0 radical (unpaired) electrons. The van der Waals surface area contributed by atoms with Crippen molar-refractivity contribution in [3.63, 3.8) is 0 Å². The third-order valence-electron chi connectivity index (χ3n) is 6.24. The van der Waals surface area contributed by atoms with E-state index >= 15 is 0 Å².